The summed E-state index contributed by atoms with van der Waals surface area (Å²) in [6.45, 7) is 6.41. The molecule has 0 spiro atoms. The number of ether oxygens (including phenoxy) is 3. The maximum atomic E-state index is 12.4. The molecule has 0 heterocycles. The highest BCUT2D eigenvalue weighted by Gasteiger charge is 2.56. The van der Waals surface area contributed by atoms with Gasteiger partial charge in [-0.25, -0.2) is 0 Å². The van der Waals surface area contributed by atoms with Crippen molar-refractivity contribution in [3.63, 3.8) is 0 Å². The highest BCUT2D eigenvalue weighted by Crippen LogP contribution is 2.37. The molecule has 0 bridgehead atoms. The van der Waals surface area contributed by atoms with Gasteiger partial charge in [-0.2, -0.15) is 5.26 Å². The van der Waals surface area contributed by atoms with E-state index < -0.39 is 29.2 Å². The molecule has 0 aliphatic heterocycles. The number of nitrogens with zero attached hydrogens (tertiary/aromatic N) is 1. The molecule has 22 heavy (non-hydrogen) atoms. The van der Waals surface area contributed by atoms with Gasteiger partial charge in [0.05, 0.1) is 31.8 Å². The highest BCUT2D eigenvalue weighted by atomic mass is 16.6. The van der Waals surface area contributed by atoms with Crippen molar-refractivity contribution in [2.45, 2.75) is 40.5 Å². The van der Waals surface area contributed by atoms with Crippen molar-refractivity contribution in [1.29, 1.82) is 5.26 Å². The summed E-state index contributed by atoms with van der Waals surface area (Å²) in [6, 6.07) is 1.88. The van der Waals surface area contributed by atoms with Crippen LogP contribution in [0.25, 0.3) is 0 Å². The Morgan fingerprint density at radius 1 is 1.00 bits per heavy atom. The summed E-state index contributed by atoms with van der Waals surface area (Å²) in [6.07, 6.45) is -0.261. The molecule has 0 aromatic rings. The highest BCUT2D eigenvalue weighted by molar-refractivity contribution is 6.04. The minimum Gasteiger partial charge on any atom is -0.466 e. The Labute approximate surface area is 130 Å². The molecule has 0 aliphatic carbocycles. The van der Waals surface area contributed by atoms with Crippen LogP contribution in [0.15, 0.2) is 0 Å². The first-order valence-electron chi connectivity index (χ1n) is 7.30. The van der Waals surface area contributed by atoms with Crippen molar-refractivity contribution in [2.24, 2.45) is 11.3 Å². The minimum absolute atomic E-state index is 0.0437. The van der Waals surface area contributed by atoms with Gasteiger partial charge in [0, 0.05) is 6.42 Å². The Bertz CT molecular complexity index is 422. The lowest BCUT2D eigenvalue weighted by Gasteiger charge is -2.32. The van der Waals surface area contributed by atoms with Gasteiger partial charge >= 0.3 is 17.9 Å². The van der Waals surface area contributed by atoms with Gasteiger partial charge in [-0.15, -0.1) is 0 Å². The van der Waals surface area contributed by atoms with E-state index in [4.69, 9.17) is 19.5 Å². The van der Waals surface area contributed by atoms with Gasteiger partial charge in [-0.1, -0.05) is 6.92 Å². The molecule has 1 unspecified atom stereocenters. The number of rotatable bonds is 9. The molecular weight excluding hydrogens is 290 g/mol. The number of carbonyl (C=O) groups is 3. The van der Waals surface area contributed by atoms with Crippen molar-refractivity contribution < 1.29 is 28.6 Å². The second-order valence-electron chi connectivity index (χ2n) is 4.54. The van der Waals surface area contributed by atoms with E-state index >= 15 is 0 Å². The lowest BCUT2D eigenvalue weighted by Crippen LogP contribution is -2.50. The summed E-state index contributed by atoms with van der Waals surface area (Å²) in [5, 5.41) is 8.81. The van der Waals surface area contributed by atoms with E-state index in [1.807, 2.05) is 6.07 Å². The first-order valence-corrected chi connectivity index (χ1v) is 7.30. The van der Waals surface area contributed by atoms with E-state index in [9.17, 15) is 14.4 Å². The number of carbonyl (C=O) groups excluding carboxylic acids is 3. The molecule has 0 saturated heterocycles. The van der Waals surface area contributed by atoms with Crippen LogP contribution in [-0.2, 0) is 28.6 Å². The molecule has 0 saturated carbocycles. The fraction of sp³-hybridized carbons (Fsp3) is 0.733. The van der Waals surface area contributed by atoms with E-state index in [0.29, 0.717) is 0 Å². The molecule has 0 aromatic heterocycles. The molecule has 0 radical (unpaired) electrons. The first-order chi connectivity index (χ1) is 10.4. The summed E-state index contributed by atoms with van der Waals surface area (Å²) in [5.41, 5.74) is -1.87. The predicted octanol–water partition coefficient (Wildman–Crippen LogP) is 1.60. The third kappa shape index (κ3) is 4.45. The zero-order valence-electron chi connectivity index (χ0n) is 13.5. The fourth-order valence-corrected chi connectivity index (χ4v) is 2.10. The van der Waals surface area contributed by atoms with Crippen LogP contribution in [-0.4, -0.2) is 37.7 Å². The Balaban J connectivity index is 5.82. The maximum Gasteiger partial charge on any atom is 0.324 e. The van der Waals surface area contributed by atoms with Crippen LogP contribution < -0.4 is 0 Å². The van der Waals surface area contributed by atoms with E-state index in [1.165, 1.54) is 6.92 Å². The van der Waals surface area contributed by atoms with Crippen LogP contribution in [0.1, 0.15) is 40.5 Å². The number of esters is 3. The molecule has 7 nitrogen and oxygen atoms in total. The Morgan fingerprint density at radius 2 is 1.45 bits per heavy atom. The van der Waals surface area contributed by atoms with Gasteiger partial charge in [0.15, 0.2) is 5.41 Å². The lowest BCUT2D eigenvalue weighted by molar-refractivity contribution is -0.183. The lowest BCUT2D eigenvalue weighted by atomic mass is 9.72. The van der Waals surface area contributed by atoms with Gasteiger partial charge in [-0.3, -0.25) is 14.4 Å². The third-order valence-corrected chi connectivity index (χ3v) is 3.29. The van der Waals surface area contributed by atoms with E-state index in [2.05, 4.69) is 0 Å². The first kappa shape index (κ1) is 19.9. The fourth-order valence-electron chi connectivity index (χ4n) is 2.10. The zero-order valence-corrected chi connectivity index (χ0v) is 13.5. The Hall–Kier alpha value is -2.10. The Morgan fingerprint density at radius 3 is 1.82 bits per heavy atom. The monoisotopic (exact) mass is 313 g/mol. The quantitative estimate of drug-likeness (QED) is 0.362. The van der Waals surface area contributed by atoms with Crippen LogP contribution in [0.4, 0.5) is 0 Å². The largest absolute Gasteiger partial charge is 0.466 e. The van der Waals surface area contributed by atoms with Gasteiger partial charge in [0.25, 0.3) is 0 Å². The summed E-state index contributed by atoms with van der Waals surface area (Å²) in [5.74, 6) is -3.56. The topological polar surface area (TPSA) is 103 Å². The average molecular weight is 313 g/mol. The molecule has 0 amide bonds. The zero-order chi connectivity index (χ0) is 17.2. The molecular formula is C15H23NO6. The third-order valence-electron chi connectivity index (χ3n) is 3.29. The molecule has 124 valence electrons. The van der Waals surface area contributed by atoms with Gasteiger partial charge in [0.2, 0.25) is 0 Å². The molecule has 0 aromatic carbocycles. The van der Waals surface area contributed by atoms with Gasteiger partial charge in [0.1, 0.15) is 0 Å². The van der Waals surface area contributed by atoms with Gasteiger partial charge in [-0.05, 0) is 27.2 Å². The minimum atomic E-state index is -1.87. The number of nitriles is 1. The molecule has 7 heteroatoms. The normalized spacial score (nSPS) is 12.0. The van der Waals surface area contributed by atoms with Crippen molar-refractivity contribution >= 4 is 17.9 Å². The van der Waals surface area contributed by atoms with Crippen LogP contribution in [0.5, 0.6) is 0 Å². The molecule has 1 atom stereocenters. The average Bonchev–Trinajstić information content (AvgIpc) is 2.48. The Kier molecular flexibility index (Phi) is 8.83. The molecule has 0 aliphatic rings. The van der Waals surface area contributed by atoms with Crippen molar-refractivity contribution in [3.8, 4) is 6.07 Å². The molecule has 0 rings (SSSR count). The maximum absolute atomic E-state index is 12.4. The van der Waals surface area contributed by atoms with Crippen LogP contribution >= 0.6 is 0 Å². The SMILES string of the molecule is CCOC(=O)C(C)C(CCC#N)(C(=O)OCC)C(=O)OCC. The van der Waals surface area contributed by atoms with E-state index in [0.717, 1.165) is 0 Å². The molecule has 0 N–H and O–H groups in total. The predicted molar refractivity (Wildman–Crippen MR) is 76.3 cm³/mol. The van der Waals surface area contributed by atoms with Crippen molar-refractivity contribution in [1.82, 2.24) is 0 Å². The van der Waals surface area contributed by atoms with Crippen LogP contribution in [0.2, 0.25) is 0 Å². The van der Waals surface area contributed by atoms with E-state index in [-0.39, 0.29) is 32.7 Å². The summed E-state index contributed by atoms with van der Waals surface area (Å²) in [7, 11) is 0. The number of hydrogen-bond donors (Lipinski definition) is 0. The smallest absolute Gasteiger partial charge is 0.324 e. The standard InChI is InChI=1S/C15H23NO6/c1-5-20-12(17)11(4)15(9-8-10-16,13(18)21-6-2)14(19)22-7-3/h11H,5-9H2,1-4H3. The summed E-state index contributed by atoms with van der Waals surface area (Å²) in [4.78, 5) is 36.8. The van der Waals surface area contributed by atoms with Crippen LogP contribution in [0.3, 0.4) is 0 Å². The van der Waals surface area contributed by atoms with Crippen LogP contribution in [0, 0.1) is 22.7 Å². The van der Waals surface area contributed by atoms with Crippen molar-refractivity contribution in [2.75, 3.05) is 19.8 Å². The molecule has 0 fully saturated rings. The number of hydrogen-bond acceptors (Lipinski definition) is 7. The van der Waals surface area contributed by atoms with Gasteiger partial charge < -0.3 is 14.2 Å². The van der Waals surface area contributed by atoms with E-state index in [1.54, 1.807) is 20.8 Å². The second-order valence-corrected chi connectivity index (χ2v) is 4.54. The van der Waals surface area contributed by atoms with Crippen molar-refractivity contribution in [3.05, 3.63) is 0 Å². The summed E-state index contributed by atoms with van der Waals surface area (Å²) >= 11 is 0. The summed E-state index contributed by atoms with van der Waals surface area (Å²) < 4.78 is 14.8. The second kappa shape index (κ2) is 9.77.